The molecule has 12 heteroatoms. The number of rotatable bonds is 4. The third-order valence-corrected chi connectivity index (χ3v) is 6.90. The molecule has 0 saturated carbocycles. The Morgan fingerprint density at radius 3 is 1.62 bits per heavy atom. The van der Waals surface area contributed by atoms with E-state index >= 15 is 0 Å². The molecule has 2 N–H and O–H groups in total. The van der Waals surface area contributed by atoms with E-state index in [1.165, 1.54) is 0 Å². The van der Waals surface area contributed by atoms with Crippen LogP contribution in [0.4, 0.5) is 48.2 Å². The fourth-order valence-corrected chi connectivity index (χ4v) is 4.54. The molecule has 0 atom stereocenters. The third kappa shape index (κ3) is 7.54. The molecule has 0 radical (unpaired) electrons. The standard InChI is InChI=1S/C30H30F6N4O2/c1-28(2,3)20-6-4-19(5-7-20)26(41)40-14-12-39(13-15-40)25-10-8-23(9-11-25)37-27(42)38-24-17-21(29(31,32)33)16-22(18-24)30(34,35)36/h4-11,16-18H,12-15H2,1-3H3,(H2,37,38,42). The highest BCUT2D eigenvalue weighted by Crippen LogP contribution is 2.37. The molecule has 0 spiro atoms. The summed E-state index contributed by atoms with van der Waals surface area (Å²) in [4.78, 5) is 29.2. The lowest BCUT2D eigenvalue weighted by atomic mass is 9.86. The molecule has 3 amide bonds. The Labute approximate surface area is 239 Å². The molecule has 3 aromatic rings. The molecule has 0 bridgehead atoms. The summed E-state index contributed by atoms with van der Waals surface area (Å²) in [6, 6.07) is 14.1. The first kappa shape index (κ1) is 30.7. The van der Waals surface area contributed by atoms with E-state index < -0.39 is 35.2 Å². The van der Waals surface area contributed by atoms with Gasteiger partial charge in [0.25, 0.3) is 5.91 Å². The van der Waals surface area contributed by atoms with E-state index in [-0.39, 0.29) is 23.1 Å². The topological polar surface area (TPSA) is 64.7 Å². The predicted octanol–water partition coefficient (Wildman–Crippen LogP) is 7.63. The zero-order valence-corrected chi connectivity index (χ0v) is 23.2. The normalized spacial score (nSPS) is 14.5. The Bertz CT molecular complexity index is 1390. The van der Waals surface area contributed by atoms with Gasteiger partial charge in [-0.2, -0.15) is 26.3 Å². The highest BCUT2D eigenvalue weighted by molar-refractivity contribution is 6.00. The Balaban J connectivity index is 1.33. The van der Waals surface area contributed by atoms with Crippen molar-refractivity contribution in [3.63, 3.8) is 0 Å². The fraction of sp³-hybridized carbons (Fsp3) is 0.333. The van der Waals surface area contributed by atoms with Gasteiger partial charge in [-0.15, -0.1) is 0 Å². The van der Waals surface area contributed by atoms with Crippen LogP contribution in [-0.2, 0) is 17.8 Å². The molecule has 0 aromatic heterocycles. The summed E-state index contributed by atoms with van der Waals surface area (Å²) in [5, 5.41) is 4.44. The van der Waals surface area contributed by atoms with E-state index in [2.05, 4.69) is 31.0 Å². The van der Waals surface area contributed by atoms with Crippen LogP contribution in [0.5, 0.6) is 0 Å². The summed E-state index contributed by atoms with van der Waals surface area (Å²) in [5.74, 6) is -0.0382. The smallest absolute Gasteiger partial charge is 0.368 e. The van der Waals surface area contributed by atoms with Crippen molar-refractivity contribution in [2.75, 3.05) is 41.7 Å². The van der Waals surface area contributed by atoms with Gasteiger partial charge in [0.15, 0.2) is 0 Å². The summed E-state index contributed by atoms with van der Waals surface area (Å²) in [7, 11) is 0. The van der Waals surface area contributed by atoms with Gasteiger partial charge in [0.1, 0.15) is 0 Å². The van der Waals surface area contributed by atoms with Crippen molar-refractivity contribution in [3.05, 3.63) is 89.0 Å². The third-order valence-electron chi connectivity index (χ3n) is 6.90. The van der Waals surface area contributed by atoms with Crippen molar-refractivity contribution in [2.24, 2.45) is 0 Å². The monoisotopic (exact) mass is 592 g/mol. The molecular weight excluding hydrogens is 562 g/mol. The minimum absolute atomic E-state index is 0.00863. The number of halogens is 6. The largest absolute Gasteiger partial charge is 0.416 e. The number of urea groups is 1. The van der Waals surface area contributed by atoms with Crippen molar-refractivity contribution < 1.29 is 35.9 Å². The second-order valence-electron chi connectivity index (χ2n) is 11.0. The SMILES string of the molecule is CC(C)(C)c1ccc(C(=O)N2CCN(c3ccc(NC(=O)Nc4cc(C(F)(F)F)cc(C(F)(F)F)c4)cc3)CC2)cc1. The highest BCUT2D eigenvalue weighted by Gasteiger charge is 2.37. The maximum atomic E-state index is 13.1. The molecule has 1 aliphatic heterocycles. The number of hydrogen-bond donors (Lipinski definition) is 2. The molecule has 0 unspecified atom stereocenters. The molecule has 1 aliphatic rings. The second kappa shape index (κ2) is 11.6. The van der Waals surface area contributed by atoms with Crippen LogP contribution in [0.3, 0.4) is 0 Å². The van der Waals surface area contributed by atoms with Crippen LogP contribution in [0.25, 0.3) is 0 Å². The zero-order chi connectivity index (χ0) is 30.9. The maximum absolute atomic E-state index is 13.1. The molecule has 3 aromatic carbocycles. The molecule has 224 valence electrons. The molecular formula is C30H30F6N4O2. The fourth-order valence-electron chi connectivity index (χ4n) is 4.54. The summed E-state index contributed by atoms with van der Waals surface area (Å²) in [5.41, 5.74) is -0.832. The number of carbonyl (C=O) groups is 2. The number of benzene rings is 3. The van der Waals surface area contributed by atoms with Crippen LogP contribution in [0.1, 0.15) is 47.8 Å². The number of nitrogens with one attached hydrogen (secondary N) is 2. The van der Waals surface area contributed by atoms with E-state index in [1.807, 2.05) is 29.6 Å². The summed E-state index contributed by atoms with van der Waals surface area (Å²) in [6.45, 7) is 8.51. The lowest BCUT2D eigenvalue weighted by Gasteiger charge is -2.36. The van der Waals surface area contributed by atoms with Gasteiger partial charge in [-0.3, -0.25) is 4.79 Å². The number of carbonyl (C=O) groups excluding carboxylic acids is 2. The predicted molar refractivity (Wildman–Crippen MR) is 149 cm³/mol. The van der Waals surface area contributed by atoms with Gasteiger partial charge in [0.2, 0.25) is 0 Å². The van der Waals surface area contributed by atoms with Gasteiger partial charge in [-0.1, -0.05) is 32.9 Å². The van der Waals surface area contributed by atoms with Crippen LogP contribution in [0, 0.1) is 0 Å². The number of hydrogen-bond acceptors (Lipinski definition) is 3. The molecule has 0 aliphatic carbocycles. The molecule has 4 rings (SSSR count). The maximum Gasteiger partial charge on any atom is 0.416 e. The highest BCUT2D eigenvalue weighted by atomic mass is 19.4. The molecule has 42 heavy (non-hydrogen) atoms. The molecule has 1 fully saturated rings. The summed E-state index contributed by atoms with van der Waals surface area (Å²) in [6.07, 6.45) is -10.1. The van der Waals surface area contributed by atoms with E-state index in [1.54, 1.807) is 29.2 Å². The average molecular weight is 593 g/mol. The van der Waals surface area contributed by atoms with Gasteiger partial charge in [0.05, 0.1) is 11.1 Å². The first-order valence-corrected chi connectivity index (χ1v) is 13.1. The van der Waals surface area contributed by atoms with E-state index in [4.69, 9.17) is 0 Å². The van der Waals surface area contributed by atoms with Crippen LogP contribution < -0.4 is 15.5 Å². The Morgan fingerprint density at radius 1 is 0.643 bits per heavy atom. The first-order chi connectivity index (χ1) is 19.5. The molecule has 6 nitrogen and oxygen atoms in total. The number of amides is 3. The quantitative estimate of drug-likeness (QED) is 0.306. The zero-order valence-electron chi connectivity index (χ0n) is 23.2. The lowest BCUT2D eigenvalue weighted by Crippen LogP contribution is -2.48. The second-order valence-corrected chi connectivity index (χ2v) is 11.0. The first-order valence-electron chi connectivity index (χ1n) is 13.1. The molecule has 1 saturated heterocycles. The minimum atomic E-state index is -5.03. The van der Waals surface area contributed by atoms with Gasteiger partial charge in [-0.25, -0.2) is 4.79 Å². The van der Waals surface area contributed by atoms with E-state index in [9.17, 15) is 35.9 Å². The van der Waals surface area contributed by atoms with Crippen LogP contribution >= 0.6 is 0 Å². The van der Waals surface area contributed by atoms with Gasteiger partial charge >= 0.3 is 18.4 Å². The van der Waals surface area contributed by atoms with E-state index in [0.29, 0.717) is 43.9 Å². The van der Waals surface area contributed by atoms with Crippen molar-refractivity contribution in [1.29, 1.82) is 0 Å². The van der Waals surface area contributed by atoms with Gasteiger partial charge in [-0.05, 0) is 65.6 Å². The van der Waals surface area contributed by atoms with Crippen molar-refractivity contribution in [1.82, 2.24) is 4.90 Å². The Morgan fingerprint density at radius 2 is 1.14 bits per heavy atom. The number of nitrogens with zero attached hydrogens (tertiary/aromatic N) is 2. The van der Waals surface area contributed by atoms with Crippen molar-refractivity contribution in [2.45, 2.75) is 38.5 Å². The van der Waals surface area contributed by atoms with Crippen LogP contribution in [0.2, 0.25) is 0 Å². The minimum Gasteiger partial charge on any atom is -0.368 e. The van der Waals surface area contributed by atoms with Crippen molar-refractivity contribution in [3.8, 4) is 0 Å². The number of alkyl halides is 6. The van der Waals surface area contributed by atoms with Crippen LogP contribution in [-0.4, -0.2) is 43.0 Å². The van der Waals surface area contributed by atoms with Crippen molar-refractivity contribution >= 4 is 29.0 Å². The number of piperazine rings is 1. The van der Waals surface area contributed by atoms with Crippen LogP contribution in [0.15, 0.2) is 66.7 Å². The Hall–Kier alpha value is -4.22. The van der Waals surface area contributed by atoms with E-state index in [0.717, 1.165) is 11.3 Å². The average Bonchev–Trinajstić information content (AvgIpc) is 2.91. The Kier molecular flexibility index (Phi) is 8.47. The lowest BCUT2D eigenvalue weighted by molar-refractivity contribution is -0.143. The summed E-state index contributed by atoms with van der Waals surface area (Å²) >= 11 is 0. The molecule has 1 heterocycles. The van der Waals surface area contributed by atoms with Gasteiger partial charge in [0, 0.05) is 48.8 Å². The van der Waals surface area contributed by atoms with Gasteiger partial charge < -0.3 is 20.4 Å². The number of anilines is 3. The summed E-state index contributed by atoms with van der Waals surface area (Å²) < 4.78 is 78.5.